The van der Waals surface area contributed by atoms with E-state index < -0.39 is 17.8 Å². The number of hydrogen-bond donors (Lipinski definition) is 1. The highest BCUT2D eigenvalue weighted by Crippen LogP contribution is 2.20. The van der Waals surface area contributed by atoms with Gasteiger partial charge in [-0.1, -0.05) is 17.7 Å². The van der Waals surface area contributed by atoms with Gasteiger partial charge in [-0.25, -0.2) is 4.39 Å². The summed E-state index contributed by atoms with van der Waals surface area (Å²) < 4.78 is 13.8. The SMILES string of the molecule is CN1CCN(CC(O)CN(C)C(=O)c2c(F)cccc2Cl)CC1. The van der Waals surface area contributed by atoms with E-state index in [0.717, 1.165) is 26.2 Å². The van der Waals surface area contributed by atoms with Crippen LogP contribution in [-0.4, -0.2) is 85.2 Å². The maximum Gasteiger partial charge on any atom is 0.258 e. The molecule has 1 unspecified atom stereocenters. The average molecular weight is 344 g/mol. The van der Waals surface area contributed by atoms with Crippen LogP contribution in [0.4, 0.5) is 4.39 Å². The Morgan fingerprint density at radius 3 is 2.65 bits per heavy atom. The van der Waals surface area contributed by atoms with Crippen LogP contribution >= 0.6 is 11.6 Å². The zero-order valence-electron chi connectivity index (χ0n) is 13.5. The van der Waals surface area contributed by atoms with Crippen LogP contribution in [0.1, 0.15) is 10.4 Å². The Morgan fingerprint density at radius 1 is 1.39 bits per heavy atom. The van der Waals surface area contributed by atoms with Gasteiger partial charge in [-0.2, -0.15) is 0 Å². The second-order valence-corrected chi connectivity index (χ2v) is 6.45. The number of piperazine rings is 1. The molecule has 0 saturated carbocycles. The van der Waals surface area contributed by atoms with Crippen LogP contribution in [0.3, 0.4) is 0 Å². The molecule has 2 rings (SSSR count). The lowest BCUT2D eigenvalue weighted by molar-refractivity contribution is 0.0499. The van der Waals surface area contributed by atoms with E-state index in [4.69, 9.17) is 11.6 Å². The van der Waals surface area contributed by atoms with Crippen molar-refractivity contribution in [1.29, 1.82) is 0 Å². The molecule has 7 heteroatoms. The third-order valence-electron chi connectivity index (χ3n) is 4.07. The normalized spacial score (nSPS) is 18.0. The van der Waals surface area contributed by atoms with Gasteiger partial charge in [0.15, 0.2) is 0 Å². The molecule has 0 spiro atoms. The van der Waals surface area contributed by atoms with Crippen molar-refractivity contribution in [3.8, 4) is 0 Å². The largest absolute Gasteiger partial charge is 0.390 e. The molecule has 0 radical (unpaired) electrons. The van der Waals surface area contributed by atoms with Crippen molar-refractivity contribution in [1.82, 2.24) is 14.7 Å². The molecule has 1 amide bonds. The monoisotopic (exact) mass is 343 g/mol. The number of aliphatic hydroxyl groups excluding tert-OH is 1. The lowest BCUT2D eigenvalue weighted by Crippen LogP contribution is -2.49. The van der Waals surface area contributed by atoms with Crippen molar-refractivity contribution in [2.24, 2.45) is 0 Å². The van der Waals surface area contributed by atoms with Crippen LogP contribution in [0.5, 0.6) is 0 Å². The molecule has 1 aromatic rings. The smallest absolute Gasteiger partial charge is 0.258 e. The van der Waals surface area contributed by atoms with E-state index in [2.05, 4.69) is 16.8 Å². The number of likely N-dealkylation sites (N-methyl/N-ethyl adjacent to an activating group) is 2. The number of carbonyl (C=O) groups is 1. The minimum atomic E-state index is -0.682. The summed E-state index contributed by atoms with van der Waals surface area (Å²) in [6.45, 7) is 4.35. The highest BCUT2D eigenvalue weighted by molar-refractivity contribution is 6.33. The van der Waals surface area contributed by atoms with E-state index in [0.29, 0.717) is 6.54 Å². The summed E-state index contributed by atoms with van der Waals surface area (Å²) in [5, 5.41) is 10.3. The lowest BCUT2D eigenvalue weighted by atomic mass is 10.1. The van der Waals surface area contributed by atoms with E-state index in [9.17, 15) is 14.3 Å². The topological polar surface area (TPSA) is 47.0 Å². The predicted octanol–water partition coefficient (Wildman–Crippen LogP) is 1.16. The zero-order valence-corrected chi connectivity index (χ0v) is 14.3. The first kappa shape index (κ1) is 18.1. The van der Waals surface area contributed by atoms with Crippen molar-refractivity contribution in [2.75, 3.05) is 53.4 Å². The Bertz CT molecular complexity index is 530. The molecule has 1 N–H and O–H groups in total. The van der Waals surface area contributed by atoms with Gasteiger partial charge in [0.25, 0.3) is 5.91 Å². The van der Waals surface area contributed by atoms with Crippen molar-refractivity contribution in [2.45, 2.75) is 6.10 Å². The van der Waals surface area contributed by atoms with Gasteiger partial charge in [-0.05, 0) is 19.2 Å². The molecule has 0 aromatic heterocycles. The van der Waals surface area contributed by atoms with E-state index >= 15 is 0 Å². The van der Waals surface area contributed by atoms with Crippen LogP contribution in [0.15, 0.2) is 18.2 Å². The van der Waals surface area contributed by atoms with E-state index in [1.54, 1.807) is 0 Å². The Labute approximate surface area is 141 Å². The quantitative estimate of drug-likeness (QED) is 0.871. The third-order valence-corrected chi connectivity index (χ3v) is 4.39. The van der Waals surface area contributed by atoms with E-state index in [-0.39, 0.29) is 17.1 Å². The molecule has 1 fully saturated rings. The number of amides is 1. The molecule has 128 valence electrons. The average Bonchev–Trinajstić information content (AvgIpc) is 2.49. The van der Waals surface area contributed by atoms with Crippen LogP contribution < -0.4 is 0 Å². The number of benzene rings is 1. The van der Waals surface area contributed by atoms with E-state index in [1.165, 1.54) is 30.1 Å². The third kappa shape index (κ3) is 4.88. The Morgan fingerprint density at radius 2 is 2.04 bits per heavy atom. The van der Waals surface area contributed by atoms with Gasteiger partial charge < -0.3 is 14.9 Å². The fourth-order valence-electron chi connectivity index (χ4n) is 2.68. The number of aliphatic hydroxyl groups is 1. The number of hydrogen-bond acceptors (Lipinski definition) is 4. The summed E-state index contributed by atoms with van der Waals surface area (Å²) in [4.78, 5) is 18.0. The summed E-state index contributed by atoms with van der Waals surface area (Å²) in [6, 6.07) is 4.14. The first-order chi connectivity index (χ1) is 10.9. The molecule has 1 aliphatic rings. The first-order valence-corrected chi connectivity index (χ1v) is 8.04. The summed E-state index contributed by atoms with van der Waals surface area (Å²) >= 11 is 5.91. The number of β-amino-alcohol motifs (C(OH)–C–C–N with tert-alkyl or cyclic N) is 1. The Kier molecular flexibility index (Phi) is 6.35. The molecule has 1 saturated heterocycles. The van der Waals surface area contributed by atoms with Gasteiger partial charge in [-0.15, -0.1) is 0 Å². The summed E-state index contributed by atoms with van der Waals surface area (Å²) in [5.74, 6) is -1.17. The molecular formula is C16H23ClFN3O2. The van der Waals surface area contributed by atoms with Crippen LogP contribution in [0.2, 0.25) is 5.02 Å². The number of carbonyl (C=O) groups excluding carboxylic acids is 1. The minimum Gasteiger partial charge on any atom is -0.390 e. The molecule has 1 aliphatic heterocycles. The van der Waals surface area contributed by atoms with Gasteiger partial charge in [0, 0.05) is 46.3 Å². The molecule has 5 nitrogen and oxygen atoms in total. The number of halogens is 2. The second kappa shape index (κ2) is 8.06. The predicted molar refractivity (Wildman–Crippen MR) is 88.3 cm³/mol. The van der Waals surface area contributed by atoms with Crippen LogP contribution in [-0.2, 0) is 0 Å². The highest BCUT2D eigenvalue weighted by Gasteiger charge is 2.23. The lowest BCUT2D eigenvalue weighted by Gasteiger charge is -2.34. The van der Waals surface area contributed by atoms with Crippen LogP contribution in [0, 0.1) is 5.82 Å². The fourth-order valence-corrected chi connectivity index (χ4v) is 2.92. The summed E-state index contributed by atoms with van der Waals surface area (Å²) in [7, 11) is 3.61. The maximum absolute atomic E-state index is 13.8. The minimum absolute atomic E-state index is 0.0791. The van der Waals surface area contributed by atoms with E-state index in [1.807, 2.05) is 0 Å². The molecule has 1 aromatic carbocycles. The summed E-state index contributed by atoms with van der Waals surface area (Å²) in [6.07, 6.45) is -0.682. The van der Waals surface area contributed by atoms with Gasteiger partial charge in [0.2, 0.25) is 0 Å². The Hall–Kier alpha value is -1.21. The fraction of sp³-hybridized carbons (Fsp3) is 0.562. The standard InChI is InChI=1S/C16H23ClFN3O2/c1-19-6-8-21(9-7-19)11-12(22)10-20(2)16(23)15-13(17)4-3-5-14(15)18/h3-5,12,22H,6-11H2,1-2H3. The molecule has 0 bridgehead atoms. The van der Waals surface area contributed by atoms with Crippen molar-refractivity contribution in [3.05, 3.63) is 34.6 Å². The van der Waals surface area contributed by atoms with Crippen LogP contribution in [0.25, 0.3) is 0 Å². The van der Waals surface area contributed by atoms with Gasteiger partial charge in [0.05, 0.1) is 16.7 Å². The molecular weight excluding hydrogens is 321 g/mol. The molecule has 1 heterocycles. The van der Waals surface area contributed by atoms with Crippen molar-refractivity contribution < 1.29 is 14.3 Å². The second-order valence-electron chi connectivity index (χ2n) is 6.04. The zero-order chi connectivity index (χ0) is 17.0. The highest BCUT2D eigenvalue weighted by atomic mass is 35.5. The van der Waals surface area contributed by atoms with Gasteiger partial charge in [0.1, 0.15) is 5.82 Å². The molecule has 23 heavy (non-hydrogen) atoms. The molecule has 1 atom stereocenters. The van der Waals surface area contributed by atoms with Gasteiger partial charge >= 0.3 is 0 Å². The number of rotatable bonds is 5. The van der Waals surface area contributed by atoms with Gasteiger partial charge in [-0.3, -0.25) is 9.69 Å². The first-order valence-electron chi connectivity index (χ1n) is 7.67. The van der Waals surface area contributed by atoms with Crippen molar-refractivity contribution >= 4 is 17.5 Å². The maximum atomic E-state index is 13.8. The number of nitrogens with zero attached hydrogens (tertiary/aromatic N) is 3. The molecule has 0 aliphatic carbocycles. The summed E-state index contributed by atoms with van der Waals surface area (Å²) in [5.41, 5.74) is -0.150. The van der Waals surface area contributed by atoms with Crippen molar-refractivity contribution in [3.63, 3.8) is 0 Å². The Balaban J connectivity index is 1.90.